The minimum atomic E-state index is -4.07. The van der Waals surface area contributed by atoms with Crippen molar-refractivity contribution < 1.29 is 13.2 Å². The summed E-state index contributed by atoms with van der Waals surface area (Å²) in [5.74, 6) is -0.277. The Hall–Kier alpha value is -2.62. The lowest BCUT2D eigenvalue weighted by Crippen LogP contribution is -2.20. The van der Waals surface area contributed by atoms with Gasteiger partial charge in [-0.1, -0.05) is 48.5 Å². The molecule has 0 fully saturated rings. The van der Waals surface area contributed by atoms with Crippen LogP contribution in [0.3, 0.4) is 0 Å². The van der Waals surface area contributed by atoms with E-state index in [1.54, 1.807) is 0 Å². The normalized spacial score (nSPS) is 11.3. The highest BCUT2D eigenvalue weighted by Crippen LogP contribution is 2.21. The molecule has 0 aliphatic rings. The predicted octanol–water partition coefficient (Wildman–Crippen LogP) is 3.55. The third-order valence-electron chi connectivity index (χ3n) is 4.13. The summed E-state index contributed by atoms with van der Waals surface area (Å²) in [6.45, 7) is 2.05. The second-order valence-corrected chi connectivity index (χ2v) is 9.55. The molecule has 7 nitrogen and oxygen atoms in total. The highest BCUT2D eigenvalue weighted by molar-refractivity contribution is 7.99. The molecule has 0 atom stereocenters. The standard InChI is InChI=1S/C20H18ClN3O4S2/c1-2-13-6-8-15(9-7-13)23-18(25)12-29-20-22-11-17(19(26)24-20)30(27,28)16-5-3-4-14(21)10-16/h3-11H,2,12H2,1H3,(H,23,25)(H,22,24,26). The van der Waals surface area contributed by atoms with Gasteiger partial charge in [0.25, 0.3) is 5.56 Å². The van der Waals surface area contributed by atoms with Crippen LogP contribution >= 0.6 is 23.4 Å². The number of carbonyl (C=O) groups excluding carboxylic acids is 1. The number of aromatic amines is 1. The minimum Gasteiger partial charge on any atom is -0.325 e. The summed E-state index contributed by atoms with van der Waals surface area (Å²) in [6.07, 6.45) is 1.89. The number of aromatic nitrogens is 2. The van der Waals surface area contributed by atoms with Crippen LogP contribution < -0.4 is 10.9 Å². The van der Waals surface area contributed by atoms with Gasteiger partial charge in [0.1, 0.15) is 0 Å². The number of nitrogens with zero attached hydrogens (tertiary/aromatic N) is 1. The van der Waals surface area contributed by atoms with E-state index in [9.17, 15) is 18.0 Å². The number of rotatable bonds is 7. The van der Waals surface area contributed by atoms with E-state index in [0.29, 0.717) is 5.69 Å². The maximum atomic E-state index is 12.6. The number of sulfone groups is 1. The highest BCUT2D eigenvalue weighted by atomic mass is 35.5. The van der Waals surface area contributed by atoms with Gasteiger partial charge in [-0.3, -0.25) is 9.59 Å². The van der Waals surface area contributed by atoms with Crippen LogP contribution in [0.1, 0.15) is 12.5 Å². The Bertz CT molecular complexity index is 1230. The van der Waals surface area contributed by atoms with Crippen molar-refractivity contribution in [1.82, 2.24) is 9.97 Å². The molecule has 1 heterocycles. The van der Waals surface area contributed by atoms with Crippen molar-refractivity contribution in [3.63, 3.8) is 0 Å². The Morgan fingerprint density at radius 3 is 2.57 bits per heavy atom. The van der Waals surface area contributed by atoms with Crippen LogP contribution in [0.2, 0.25) is 5.02 Å². The first-order valence-corrected chi connectivity index (χ1v) is 11.8. The molecule has 0 aliphatic carbocycles. The van der Waals surface area contributed by atoms with Gasteiger partial charge in [-0.15, -0.1) is 0 Å². The number of halogens is 1. The zero-order valence-corrected chi connectivity index (χ0v) is 18.3. The molecule has 2 N–H and O–H groups in total. The number of benzene rings is 2. The molecule has 3 aromatic rings. The van der Waals surface area contributed by atoms with Crippen LogP contribution in [0.5, 0.6) is 0 Å². The van der Waals surface area contributed by atoms with Crippen LogP contribution in [-0.4, -0.2) is 30.0 Å². The zero-order valence-electron chi connectivity index (χ0n) is 15.9. The first-order valence-electron chi connectivity index (χ1n) is 8.91. The number of amides is 1. The van der Waals surface area contributed by atoms with Crippen LogP contribution in [0.4, 0.5) is 5.69 Å². The van der Waals surface area contributed by atoms with Crippen LogP contribution in [0.15, 0.2) is 74.5 Å². The second kappa shape index (κ2) is 9.46. The van der Waals surface area contributed by atoms with E-state index in [4.69, 9.17) is 11.6 Å². The van der Waals surface area contributed by atoms with Gasteiger partial charge in [-0.25, -0.2) is 13.4 Å². The predicted molar refractivity (Wildman–Crippen MR) is 117 cm³/mol. The largest absolute Gasteiger partial charge is 0.325 e. The zero-order chi connectivity index (χ0) is 21.7. The highest BCUT2D eigenvalue weighted by Gasteiger charge is 2.22. The van der Waals surface area contributed by atoms with Gasteiger partial charge in [-0.05, 0) is 42.3 Å². The molecule has 10 heteroatoms. The van der Waals surface area contributed by atoms with E-state index in [-0.39, 0.29) is 26.7 Å². The van der Waals surface area contributed by atoms with Gasteiger partial charge in [0, 0.05) is 10.7 Å². The average molecular weight is 464 g/mol. The topological polar surface area (TPSA) is 109 Å². The lowest BCUT2D eigenvalue weighted by molar-refractivity contribution is -0.113. The fourth-order valence-corrected chi connectivity index (χ4v) is 4.71. The number of nitrogens with one attached hydrogen (secondary N) is 2. The quantitative estimate of drug-likeness (QED) is 0.409. The van der Waals surface area contributed by atoms with Crippen molar-refractivity contribution in [2.45, 2.75) is 28.3 Å². The molecular formula is C20H18ClN3O4S2. The van der Waals surface area contributed by atoms with Crippen molar-refractivity contribution in [3.05, 3.63) is 75.7 Å². The van der Waals surface area contributed by atoms with Crippen molar-refractivity contribution in [2.24, 2.45) is 0 Å². The average Bonchev–Trinajstić information content (AvgIpc) is 2.72. The molecule has 0 saturated heterocycles. The third-order valence-corrected chi connectivity index (χ3v) is 6.99. The lowest BCUT2D eigenvalue weighted by atomic mass is 10.1. The van der Waals surface area contributed by atoms with Gasteiger partial charge < -0.3 is 10.3 Å². The van der Waals surface area contributed by atoms with E-state index < -0.39 is 20.3 Å². The smallest absolute Gasteiger partial charge is 0.270 e. The van der Waals surface area contributed by atoms with Gasteiger partial charge >= 0.3 is 0 Å². The second-order valence-electron chi connectivity index (χ2n) is 6.23. The van der Waals surface area contributed by atoms with E-state index in [1.165, 1.54) is 24.3 Å². The molecule has 0 radical (unpaired) electrons. The Morgan fingerprint density at radius 2 is 1.93 bits per heavy atom. The van der Waals surface area contributed by atoms with E-state index in [1.807, 2.05) is 31.2 Å². The molecule has 0 bridgehead atoms. The van der Waals surface area contributed by atoms with E-state index in [2.05, 4.69) is 15.3 Å². The molecule has 0 unspecified atom stereocenters. The van der Waals surface area contributed by atoms with E-state index >= 15 is 0 Å². The molecule has 0 aliphatic heterocycles. The first kappa shape index (κ1) is 22.1. The first-order chi connectivity index (χ1) is 14.3. The monoisotopic (exact) mass is 463 g/mol. The van der Waals surface area contributed by atoms with Crippen LogP contribution in [0, 0.1) is 0 Å². The SMILES string of the molecule is CCc1ccc(NC(=O)CSc2ncc(S(=O)(=O)c3cccc(Cl)c3)c(=O)[nH]2)cc1. The number of H-pyrrole nitrogens is 1. The summed E-state index contributed by atoms with van der Waals surface area (Å²) in [6, 6.07) is 13.1. The van der Waals surface area contributed by atoms with Gasteiger partial charge in [0.15, 0.2) is 10.1 Å². The number of hydrogen-bond acceptors (Lipinski definition) is 6. The molecule has 2 aromatic carbocycles. The van der Waals surface area contributed by atoms with Gasteiger partial charge in [-0.2, -0.15) is 0 Å². The Morgan fingerprint density at radius 1 is 1.20 bits per heavy atom. The van der Waals surface area contributed by atoms with Gasteiger partial charge in [0.05, 0.1) is 16.8 Å². The summed E-state index contributed by atoms with van der Waals surface area (Å²) in [5, 5.41) is 3.13. The van der Waals surface area contributed by atoms with Crippen molar-refractivity contribution in [3.8, 4) is 0 Å². The van der Waals surface area contributed by atoms with Crippen molar-refractivity contribution in [1.29, 1.82) is 0 Å². The Kier molecular flexibility index (Phi) is 6.96. The third kappa shape index (κ3) is 5.29. The molecule has 1 amide bonds. The summed E-state index contributed by atoms with van der Waals surface area (Å²) >= 11 is 6.83. The van der Waals surface area contributed by atoms with Crippen LogP contribution in [0.25, 0.3) is 0 Å². The molecule has 3 rings (SSSR count). The molecule has 0 saturated carbocycles. The molecule has 30 heavy (non-hydrogen) atoms. The summed E-state index contributed by atoms with van der Waals surface area (Å²) < 4.78 is 25.3. The fourth-order valence-electron chi connectivity index (χ4n) is 2.55. The maximum absolute atomic E-state index is 12.6. The number of thioether (sulfide) groups is 1. The number of hydrogen-bond donors (Lipinski definition) is 2. The summed E-state index contributed by atoms with van der Waals surface area (Å²) in [5.41, 5.74) is 1.02. The number of aryl methyl sites for hydroxylation is 1. The fraction of sp³-hybridized carbons (Fsp3) is 0.150. The maximum Gasteiger partial charge on any atom is 0.270 e. The summed E-state index contributed by atoms with van der Waals surface area (Å²) in [4.78, 5) is 30.2. The lowest BCUT2D eigenvalue weighted by Gasteiger charge is -2.07. The molecule has 156 valence electrons. The van der Waals surface area contributed by atoms with Gasteiger partial charge in [0.2, 0.25) is 15.7 Å². The summed E-state index contributed by atoms with van der Waals surface area (Å²) in [7, 11) is -4.07. The van der Waals surface area contributed by atoms with Crippen LogP contribution in [-0.2, 0) is 21.1 Å². The van der Waals surface area contributed by atoms with Crippen molar-refractivity contribution in [2.75, 3.05) is 11.1 Å². The number of anilines is 1. The number of carbonyl (C=O) groups is 1. The molecular weight excluding hydrogens is 446 g/mol. The molecule has 1 aromatic heterocycles. The Labute approximate surface area is 182 Å². The van der Waals surface area contributed by atoms with Crippen molar-refractivity contribution >= 4 is 44.8 Å². The minimum absolute atomic E-state index is 0.00113. The molecule has 0 spiro atoms. The Balaban J connectivity index is 1.68. The van der Waals surface area contributed by atoms with E-state index in [0.717, 1.165) is 29.9 Å².